The smallest absolute Gasteiger partial charge is 0.335 e. The van der Waals surface area contributed by atoms with Gasteiger partial charge in [-0.25, -0.2) is 14.8 Å². The van der Waals surface area contributed by atoms with Crippen molar-refractivity contribution in [3.05, 3.63) is 129 Å². The zero-order chi connectivity index (χ0) is 29.4. The number of fused-ring (bicyclic) bond motifs is 6. The van der Waals surface area contributed by atoms with E-state index in [0.29, 0.717) is 6.42 Å². The lowest BCUT2D eigenvalue weighted by atomic mass is 9.72. The minimum atomic E-state index is -0.939. The number of carboxylic acid groups (broad SMARTS) is 1. The van der Waals surface area contributed by atoms with Gasteiger partial charge in [0.05, 0.1) is 17.0 Å². The third kappa shape index (κ3) is 5.16. The highest BCUT2D eigenvalue weighted by molar-refractivity contribution is 14.1. The molecule has 1 aliphatic rings. The molecule has 7 rings (SSSR count). The molecule has 0 bridgehead atoms. The molecule has 1 heterocycles. The number of hydrogen-bond acceptors (Lipinski definition) is 5. The van der Waals surface area contributed by atoms with Crippen molar-refractivity contribution in [2.24, 2.45) is 5.92 Å². The van der Waals surface area contributed by atoms with Crippen LogP contribution in [0, 0.1) is 9.49 Å². The van der Waals surface area contributed by atoms with Crippen LogP contribution in [0.5, 0.6) is 0 Å². The molecular weight excluding hydrogens is 639 g/mol. The van der Waals surface area contributed by atoms with Crippen molar-refractivity contribution in [2.75, 3.05) is 0 Å². The van der Waals surface area contributed by atoms with E-state index in [1.54, 1.807) is 18.3 Å². The highest BCUT2D eigenvalue weighted by atomic mass is 127. The van der Waals surface area contributed by atoms with Gasteiger partial charge in [0.1, 0.15) is 6.33 Å². The minimum absolute atomic E-state index is 0.0289. The number of Topliss-reactive ketones (excluding diaryl/α,β-unsaturated/α-hetero) is 2. The SMILES string of the molecule is CC1C(=O)C(Cc2ccc(I)cc2)C(=O)c2c1ccc1c2ccc2ccccc21.O=C(O)c1ccc2ncncc2c1. The van der Waals surface area contributed by atoms with Crippen molar-refractivity contribution in [2.45, 2.75) is 19.3 Å². The van der Waals surface area contributed by atoms with Gasteiger partial charge in [0.15, 0.2) is 11.6 Å². The number of carboxylic acids is 1. The Labute approximate surface area is 255 Å². The van der Waals surface area contributed by atoms with Crippen LogP contribution in [0.4, 0.5) is 0 Å². The fourth-order valence-electron chi connectivity index (χ4n) is 5.67. The maximum atomic E-state index is 13.6. The molecule has 206 valence electrons. The van der Waals surface area contributed by atoms with E-state index in [4.69, 9.17) is 5.11 Å². The third-order valence-corrected chi connectivity index (χ3v) is 8.58. The van der Waals surface area contributed by atoms with E-state index in [-0.39, 0.29) is 23.0 Å². The van der Waals surface area contributed by atoms with E-state index in [9.17, 15) is 14.4 Å². The summed E-state index contributed by atoms with van der Waals surface area (Å²) in [5.41, 5.74) is 3.62. The molecule has 2 unspecified atom stereocenters. The standard InChI is InChI=1S/C26H19IO2.C9H6N2O2/c1-15-19-12-13-21-20-5-3-2-4-17(20)8-11-22(21)24(19)26(29)23(25(15)28)14-16-6-9-18(27)10-7-16;12-9(13)6-1-2-8-7(3-6)4-10-5-11-8/h2-13,15,23H,14H2,1H3;1-5H,(H,12,13). The van der Waals surface area contributed by atoms with Crippen LogP contribution >= 0.6 is 22.6 Å². The topological polar surface area (TPSA) is 97.2 Å². The molecule has 7 heteroatoms. The summed E-state index contributed by atoms with van der Waals surface area (Å²) in [7, 11) is 0. The average molecular weight is 664 g/mol. The summed E-state index contributed by atoms with van der Waals surface area (Å²) in [5, 5.41) is 13.8. The Balaban J connectivity index is 0.000000203. The maximum absolute atomic E-state index is 13.6. The third-order valence-electron chi connectivity index (χ3n) is 7.86. The largest absolute Gasteiger partial charge is 0.478 e. The molecule has 6 nitrogen and oxygen atoms in total. The predicted octanol–water partition coefficient (Wildman–Crippen LogP) is 7.65. The van der Waals surface area contributed by atoms with Crippen molar-refractivity contribution in [3.8, 4) is 0 Å². The normalized spacial score (nSPS) is 16.2. The van der Waals surface area contributed by atoms with E-state index in [1.807, 2.05) is 55.5 Å². The first kappa shape index (κ1) is 27.7. The van der Waals surface area contributed by atoms with Gasteiger partial charge in [-0.2, -0.15) is 0 Å². The highest BCUT2D eigenvalue weighted by Crippen LogP contribution is 2.39. The lowest BCUT2D eigenvalue weighted by Gasteiger charge is -2.28. The van der Waals surface area contributed by atoms with Crippen LogP contribution in [-0.2, 0) is 11.2 Å². The predicted molar refractivity (Wildman–Crippen MR) is 172 cm³/mol. The number of carbonyl (C=O) groups is 3. The summed E-state index contributed by atoms with van der Waals surface area (Å²) in [6.45, 7) is 1.93. The van der Waals surface area contributed by atoms with Crippen LogP contribution < -0.4 is 0 Å². The molecule has 0 fully saturated rings. The lowest BCUT2D eigenvalue weighted by Crippen LogP contribution is -2.35. The van der Waals surface area contributed by atoms with Crippen molar-refractivity contribution >= 4 is 72.6 Å². The van der Waals surface area contributed by atoms with Crippen molar-refractivity contribution in [1.29, 1.82) is 0 Å². The Bertz CT molecular complexity index is 2020. The quantitative estimate of drug-likeness (QED) is 0.119. The van der Waals surface area contributed by atoms with Crippen LogP contribution in [0.15, 0.2) is 104 Å². The monoisotopic (exact) mass is 664 g/mol. The number of rotatable bonds is 3. The number of ketones is 2. The van der Waals surface area contributed by atoms with Gasteiger partial charge in [-0.05, 0) is 92.0 Å². The molecule has 0 radical (unpaired) electrons. The van der Waals surface area contributed by atoms with Crippen LogP contribution in [0.1, 0.15) is 44.7 Å². The second kappa shape index (κ2) is 11.4. The van der Waals surface area contributed by atoms with Crippen LogP contribution in [0.25, 0.3) is 32.4 Å². The van der Waals surface area contributed by atoms with E-state index in [0.717, 1.165) is 52.7 Å². The number of hydrogen-bond donors (Lipinski definition) is 1. The highest BCUT2D eigenvalue weighted by Gasteiger charge is 2.39. The van der Waals surface area contributed by atoms with E-state index >= 15 is 0 Å². The molecular formula is C35H25IN2O4. The number of carbonyl (C=O) groups excluding carboxylic acids is 2. The number of benzene rings is 5. The van der Waals surface area contributed by atoms with Gasteiger partial charge >= 0.3 is 5.97 Å². The minimum Gasteiger partial charge on any atom is -0.478 e. The second-order valence-corrected chi connectivity index (χ2v) is 11.6. The number of aromatic carboxylic acids is 1. The maximum Gasteiger partial charge on any atom is 0.335 e. The van der Waals surface area contributed by atoms with Crippen molar-refractivity contribution < 1.29 is 19.5 Å². The van der Waals surface area contributed by atoms with E-state index in [1.165, 1.54) is 12.4 Å². The summed E-state index contributed by atoms with van der Waals surface area (Å²) in [4.78, 5) is 45.1. The van der Waals surface area contributed by atoms with Gasteiger partial charge in [0.25, 0.3) is 0 Å². The van der Waals surface area contributed by atoms with E-state index in [2.05, 4.69) is 56.8 Å². The zero-order valence-corrected chi connectivity index (χ0v) is 24.8. The Morgan fingerprint density at radius 1 is 0.857 bits per heavy atom. The summed E-state index contributed by atoms with van der Waals surface area (Å²) in [6.07, 6.45) is 3.49. The van der Waals surface area contributed by atoms with Crippen molar-refractivity contribution in [1.82, 2.24) is 9.97 Å². The second-order valence-electron chi connectivity index (χ2n) is 10.4. The van der Waals surface area contributed by atoms with Crippen LogP contribution in [0.2, 0.25) is 0 Å². The summed E-state index contributed by atoms with van der Waals surface area (Å²) in [5.74, 6) is -1.84. The first-order valence-electron chi connectivity index (χ1n) is 13.5. The molecule has 0 saturated carbocycles. The van der Waals surface area contributed by atoms with Crippen LogP contribution in [0.3, 0.4) is 0 Å². The van der Waals surface area contributed by atoms with Crippen LogP contribution in [-0.4, -0.2) is 32.6 Å². The Kier molecular flexibility index (Phi) is 7.51. The molecule has 5 aromatic carbocycles. The summed E-state index contributed by atoms with van der Waals surface area (Å²) < 4.78 is 1.14. The number of nitrogens with zero attached hydrogens (tertiary/aromatic N) is 2. The molecule has 0 aliphatic heterocycles. The fourth-order valence-corrected chi connectivity index (χ4v) is 6.03. The lowest BCUT2D eigenvalue weighted by molar-refractivity contribution is -0.122. The summed E-state index contributed by atoms with van der Waals surface area (Å²) in [6, 6.07) is 29.2. The molecule has 0 saturated heterocycles. The molecule has 42 heavy (non-hydrogen) atoms. The first-order chi connectivity index (χ1) is 20.3. The number of halogens is 1. The average Bonchev–Trinajstić information content (AvgIpc) is 3.02. The van der Waals surface area contributed by atoms with Gasteiger partial charge in [0, 0.05) is 26.6 Å². The molecule has 1 aromatic heterocycles. The Morgan fingerprint density at radius 3 is 2.40 bits per heavy atom. The molecule has 1 N–H and O–H groups in total. The Morgan fingerprint density at radius 2 is 1.62 bits per heavy atom. The van der Waals surface area contributed by atoms with Gasteiger partial charge in [-0.15, -0.1) is 0 Å². The molecule has 1 aliphatic carbocycles. The van der Waals surface area contributed by atoms with Gasteiger partial charge in [0.2, 0.25) is 0 Å². The van der Waals surface area contributed by atoms with E-state index < -0.39 is 11.9 Å². The van der Waals surface area contributed by atoms with Gasteiger partial charge in [-0.3, -0.25) is 9.59 Å². The zero-order valence-electron chi connectivity index (χ0n) is 22.6. The van der Waals surface area contributed by atoms with Gasteiger partial charge in [-0.1, -0.05) is 67.6 Å². The van der Waals surface area contributed by atoms with Gasteiger partial charge < -0.3 is 5.11 Å². The first-order valence-corrected chi connectivity index (χ1v) is 14.6. The molecule has 6 aromatic rings. The van der Waals surface area contributed by atoms with Crippen molar-refractivity contribution in [3.63, 3.8) is 0 Å². The Hall–Kier alpha value is -4.50. The summed E-state index contributed by atoms with van der Waals surface area (Å²) >= 11 is 2.26. The molecule has 2 atom stereocenters. The number of aromatic nitrogens is 2. The molecule has 0 amide bonds. The fraction of sp³-hybridized carbons (Fsp3) is 0.114. The molecule has 0 spiro atoms.